The van der Waals surface area contributed by atoms with Crippen molar-refractivity contribution in [3.63, 3.8) is 0 Å². The Kier molecular flexibility index (Phi) is 5.04. The van der Waals surface area contributed by atoms with E-state index in [0.717, 1.165) is 24.3 Å². The lowest BCUT2D eigenvalue weighted by molar-refractivity contribution is 0.588. The number of nitrogens with two attached hydrogens (primary N) is 1. The van der Waals surface area contributed by atoms with Gasteiger partial charge in [-0.2, -0.15) is 0 Å². The van der Waals surface area contributed by atoms with Crippen LogP contribution in [0.15, 0.2) is 4.99 Å². The molecule has 0 amide bonds. The molecule has 88 valence electrons. The van der Waals surface area contributed by atoms with Gasteiger partial charge in [0.2, 0.25) is 5.96 Å². The molecular formula is C9H20N4OS. The van der Waals surface area contributed by atoms with E-state index >= 15 is 0 Å². The van der Waals surface area contributed by atoms with Crippen molar-refractivity contribution in [3.8, 4) is 0 Å². The second kappa shape index (κ2) is 6.07. The molecule has 1 saturated heterocycles. The third-order valence-corrected chi connectivity index (χ3v) is 3.61. The monoisotopic (exact) mass is 232 g/mol. The number of nitrogens with zero attached hydrogens (tertiary/aromatic N) is 1. The van der Waals surface area contributed by atoms with E-state index < -0.39 is 10.8 Å². The quantitative estimate of drug-likeness (QED) is 0.265. The molecule has 0 spiro atoms. The van der Waals surface area contributed by atoms with Crippen LogP contribution >= 0.6 is 0 Å². The van der Waals surface area contributed by atoms with Gasteiger partial charge in [-0.1, -0.05) is 0 Å². The van der Waals surface area contributed by atoms with Gasteiger partial charge in [0.1, 0.15) is 0 Å². The molecule has 4 N–H and O–H groups in total. The van der Waals surface area contributed by atoms with Gasteiger partial charge in [-0.25, -0.2) is 10.8 Å². The van der Waals surface area contributed by atoms with Gasteiger partial charge in [0.05, 0.1) is 6.04 Å². The van der Waals surface area contributed by atoms with Crippen LogP contribution < -0.4 is 16.6 Å². The molecule has 0 unspecified atom stereocenters. The number of nitrogens with one attached hydrogen (secondary N) is 2. The fourth-order valence-corrected chi connectivity index (χ4v) is 2.76. The number of rotatable bonds is 2. The van der Waals surface area contributed by atoms with E-state index in [4.69, 9.17) is 5.84 Å². The van der Waals surface area contributed by atoms with Crippen molar-refractivity contribution in [1.29, 1.82) is 0 Å². The van der Waals surface area contributed by atoms with Crippen molar-refractivity contribution < 1.29 is 4.21 Å². The first-order valence-electron chi connectivity index (χ1n) is 5.27. The molecule has 1 aliphatic rings. The van der Waals surface area contributed by atoms with Gasteiger partial charge in [-0.15, -0.1) is 0 Å². The predicted molar refractivity (Wildman–Crippen MR) is 63.9 cm³/mol. The highest BCUT2D eigenvalue weighted by molar-refractivity contribution is 7.85. The van der Waals surface area contributed by atoms with Crippen LogP contribution in [-0.2, 0) is 10.8 Å². The molecule has 15 heavy (non-hydrogen) atoms. The highest BCUT2D eigenvalue weighted by Gasteiger charge is 2.17. The molecule has 0 atom stereocenters. The summed E-state index contributed by atoms with van der Waals surface area (Å²) < 4.78 is 11.1. The van der Waals surface area contributed by atoms with Crippen LogP contribution in [0, 0.1) is 0 Å². The maximum absolute atomic E-state index is 11.1. The molecule has 0 bridgehead atoms. The summed E-state index contributed by atoms with van der Waals surface area (Å²) in [5.41, 5.74) is 2.55. The molecule has 0 radical (unpaired) electrons. The molecule has 0 aliphatic carbocycles. The summed E-state index contributed by atoms with van der Waals surface area (Å²) in [6.07, 6.45) is 1.77. The number of hydrazine groups is 1. The average Bonchev–Trinajstić information content (AvgIpc) is 2.19. The second-order valence-electron chi connectivity index (χ2n) is 4.00. The normalized spacial score (nSPS) is 27.9. The van der Waals surface area contributed by atoms with Crippen molar-refractivity contribution in [2.24, 2.45) is 10.8 Å². The molecular weight excluding hydrogens is 212 g/mol. The zero-order chi connectivity index (χ0) is 11.3. The Morgan fingerprint density at radius 1 is 1.47 bits per heavy atom. The topological polar surface area (TPSA) is 79.5 Å². The summed E-state index contributed by atoms with van der Waals surface area (Å²) in [6.45, 7) is 4.06. The molecule has 1 aliphatic heterocycles. The Morgan fingerprint density at radius 2 is 2.07 bits per heavy atom. The smallest absolute Gasteiger partial charge is 0.206 e. The summed E-state index contributed by atoms with van der Waals surface area (Å²) in [6, 6.07) is 0.553. The summed E-state index contributed by atoms with van der Waals surface area (Å²) in [5, 5.41) is 3.13. The molecule has 1 fully saturated rings. The summed E-state index contributed by atoms with van der Waals surface area (Å²) >= 11 is 0. The number of aliphatic imine (C=N–C) groups is 1. The Balaban J connectivity index is 2.48. The Hall–Kier alpha value is -0.620. The highest BCUT2D eigenvalue weighted by Crippen LogP contribution is 2.12. The lowest BCUT2D eigenvalue weighted by Crippen LogP contribution is -2.45. The van der Waals surface area contributed by atoms with Crippen LogP contribution in [0.5, 0.6) is 0 Å². The average molecular weight is 232 g/mol. The lowest BCUT2D eigenvalue weighted by Gasteiger charge is -2.20. The zero-order valence-electron chi connectivity index (χ0n) is 9.32. The molecule has 5 nitrogen and oxygen atoms in total. The Bertz CT molecular complexity index is 244. The molecule has 6 heteroatoms. The van der Waals surface area contributed by atoms with Gasteiger partial charge < -0.3 is 5.32 Å². The number of hydrogen-bond donors (Lipinski definition) is 3. The predicted octanol–water partition coefficient (Wildman–Crippen LogP) is -0.285. The van der Waals surface area contributed by atoms with E-state index in [1.165, 1.54) is 0 Å². The summed E-state index contributed by atoms with van der Waals surface area (Å²) in [5.74, 6) is 7.51. The van der Waals surface area contributed by atoms with E-state index in [1.54, 1.807) is 0 Å². The first kappa shape index (κ1) is 12.4. The largest absolute Gasteiger partial charge is 0.353 e. The van der Waals surface area contributed by atoms with Gasteiger partial charge in [-0.05, 0) is 26.7 Å². The van der Waals surface area contributed by atoms with E-state index in [-0.39, 0.29) is 6.04 Å². The minimum absolute atomic E-state index is 0.250. The maximum Gasteiger partial charge on any atom is 0.206 e. The van der Waals surface area contributed by atoms with Crippen LogP contribution in [0.3, 0.4) is 0 Å². The molecule has 1 rings (SSSR count). The number of hydrogen-bond acceptors (Lipinski definition) is 3. The standard InChI is InChI=1S/C9H20N4OS/c1-7(2)11-9(13-10)12-8-3-5-15(14)6-4-8/h7-8H,3-6,10H2,1-2H3,(H2,11,12,13). The zero-order valence-corrected chi connectivity index (χ0v) is 10.1. The lowest BCUT2D eigenvalue weighted by atomic mass is 10.2. The van der Waals surface area contributed by atoms with Crippen LogP contribution in [-0.4, -0.2) is 33.8 Å². The first-order valence-corrected chi connectivity index (χ1v) is 6.76. The third-order valence-electron chi connectivity index (χ3n) is 2.23. The van der Waals surface area contributed by atoms with Gasteiger partial charge in [0.15, 0.2) is 0 Å². The molecule has 1 heterocycles. The van der Waals surface area contributed by atoms with Crippen LogP contribution in [0.2, 0.25) is 0 Å². The van der Waals surface area contributed by atoms with Crippen LogP contribution in [0.25, 0.3) is 0 Å². The van der Waals surface area contributed by atoms with Crippen molar-refractivity contribution in [2.45, 2.75) is 38.8 Å². The second-order valence-corrected chi connectivity index (χ2v) is 5.70. The minimum Gasteiger partial charge on any atom is -0.353 e. The highest BCUT2D eigenvalue weighted by atomic mass is 32.2. The fourth-order valence-electron chi connectivity index (χ4n) is 1.48. The Labute approximate surface area is 93.3 Å². The Morgan fingerprint density at radius 3 is 2.53 bits per heavy atom. The van der Waals surface area contributed by atoms with E-state index in [1.807, 2.05) is 13.8 Å². The number of guanidine groups is 1. The van der Waals surface area contributed by atoms with Gasteiger partial charge in [0, 0.05) is 28.3 Å². The van der Waals surface area contributed by atoms with E-state index in [2.05, 4.69) is 15.7 Å². The maximum atomic E-state index is 11.1. The van der Waals surface area contributed by atoms with E-state index in [9.17, 15) is 4.21 Å². The van der Waals surface area contributed by atoms with E-state index in [0.29, 0.717) is 12.0 Å². The van der Waals surface area contributed by atoms with Gasteiger partial charge in [0.25, 0.3) is 0 Å². The van der Waals surface area contributed by atoms with Crippen molar-refractivity contribution in [1.82, 2.24) is 10.7 Å². The fraction of sp³-hybridized carbons (Fsp3) is 0.889. The van der Waals surface area contributed by atoms with Crippen molar-refractivity contribution in [3.05, 3.63) is 0 Å². The minimum atomic E-state index is -0.630. The van der Waals surface area contributed by atoms with Gasteiger partial charge in [-0.3, -0.25) is 9.63 Å². The SMILES string of the molecule is CC(C)NC(=NC1CCS(=O)CC1)NN. The van der Waals surface area contributed by atoms with Gasteiger partial charge >= 0.3 is 0 Å². The van der Waals surface area contributed by atoms with Crippen molar-refractivity contribution in [2.75, 3.05) is 11.5 Å². The summed E-state index contributed by atoms with van der Waals surface area (Å²) in [4.78, 5) is 4.46. The summed E-state index contributed by atoms with van der Waals surface area (Å²) in [7, 11) is -0.630. The molecule has 0 aromatic carbocycles. The van der Waals surface area contributed by atoms with Crippen LogP contribution in [0.4, 0.5) is 0 Å². The molecule has 0 aromatic rings. The third kappa shape index (κ3) is 4.61. The van der Waals surface area contributed by atoms with Crippen LogP contribution in [0.1, 0.15) is 26.7 Å². The first-order chi connectivity index (χ1) is 7.11. The molecule has 0 saturated carbocycles. The molecule has 0 aromatic heterocycles. The van der Waals surface area contributed by atoms with Crippen molar-refractivity contribution >= 4 is 16.8 Å².